The molecule has 2 heterocycles. The highest BCUT2D eigenvalue weighted by Crippen LogP contribution is 2.30. The minimum atomic E-state index is -1.29. The van der Waals surface area contributed by atoms with Crippen LogP contribution in [-0.4, -0.2) is 121 Å². The fourth-order valence-electron chi connectivity index (χ4n) is 7.61. The van der Waals surface area contributed by atoms with Gasteiger partial charge in [0.1, 0.15) is 23.7 Å². The van der Waals surface area contributed by atoms with Crippen LogP contribution in [-0.2, 0) is 51.0 Å². The lowest BCUT2D eigenvalue weighted by molar-refractivity contribution is -0.149. The first-order valence-electron chi connectivity index (χ1n) is 22.2. The van der Waals surface area contributed by atoms with Gasteiger partial charge < -0.3 is 30.2 Å². The highest BCUT2D eigenvalue weighted by atomic mass is 16.6. The molecule has 342 valence electrons. The van der Waals surface area contributed by atoms with E-state index in [0.29, 0.717) is 44.7 Å². The van der Waals surface area contributed by atoms with E-state index in [1.165, 1.54) is 17.0 Å². The van der Waals surface area contributed by atoms with E-state index in [0.717, 1.165) is 11.1 Å². The Labute approximate surface area is 377 Å². The van der Waals surface area contributed by atoms with E-state index in [9.17, 15) is 24.0 Å². The van der Waals surface area contributed by atoms with Crippen molar-refractivity contribution < 1.29 is 43.0 Å². The molecule has 3 N–H and O–H groups in total. The molecule has 3 aromatic rings. The maximum absolute atomic E-state index is 15.2. The number of hydrogen-bond donors (Lipinski definition) is 3. The standard InChI is InChI=1S/C50H63N5O9/c1-7-36-19-14-20-39(29-36)49(61)63-33-55(48(60)40(22-21-37-15-10-8-11-16-37)51-44(56)31-54-23-25-62-26-24-54)43(28-35(4)5)47(59)53-42(30-38-17-12-9-13-18-38)46(58)52-41(27-34(2)3)45(57)50(6)32-64-50/h1,8-20,29,34-35,40-43H,21-28,30-33H2,2-6H3,(H,51,56)(H,52,58)(H,53,59)/t40-,41?,42-,43-,50+/m0/s1. The number of amides is 4. The van der Waals surface area contributed by atoms with E-state index in [2.05, 4.69) is 21.9 Å². The minimum absolute atomic E-state index is 0.0246. The van der Waals surface area contributed by atoms with Crippen LogP contribution in [0, 0.1) is 24.2 Å². The molecule has 2 saturated heterocycles. The number of benzene rings is 3. The van der Waals surface area contributed by atoms with Crippen molar-refractivity contribution in [1.82, 2.24) is 25.8 Å². The molecule has 2 aliphatic heterocycles. The molecule has 14 nitrogen and oxygen atoms in total. The first-order valence-corrected chi connectivity index (χ1v) is 22.2. The number of rotatable bonds is 23. The van der Waals surface area contributed by atoms with Crippen molar-refractivity contribution >= 4 is 35.4 Å². The monoisotopic (exact) mass is 877 g/mol. The minimum Gasteiger partial charge on any atom is -0.441 e. The van der Waals surface area contributed by atoms with Gasteiger partial charge in [-0.3, -0.25) is 33.8 Å². The lowest BCUT2D eigenvalue weighted by Crippen LogP contribution is -2.60. The number of aryl methyl sites for hydroxylation is 1. The summed E-state index contributed by atoms with van der Waals surface area (Å²) in [5.74, 6) is -0.980. The number of terminal acetylenes is 1. The van der Waals surface area contributed by atoms with Gasteiger partial charge in [0, 0.05) is 25.1 Å². The van der Waals surface area contributed by atoms with Gasteiger partial charge in [0.2, 0.25) is 23.6 Å². The number of nitrogens with zero attached hydrogens (tertiary/aromatic N) is 2. The lowest BCUT2D eigenvalue weighted by Gasteiger charge is -2.35. The highest BCUT2D eigenvalue weighted by molar-refractivity contribution is 5.99. The fraction of sp³-hybridized carbons (Fsp3) is 0.480. The van der Waals surface area contributed by atoms with Gasteiger partial charge in [-0.15, -0.1) is 6.42 Å². The molecular formula is C50H63N5O9. The molecule has 2 fully saturated rings. The Balaban J connectivity index is 1.50. The van der Waals surface area contributed by atoms with Crippen molar-refractivity contribution in [3.05, 3.63) is 107 Å². The lowest BCUT2D eigenvalue weighted by atomic mass is 9.93. The van der Waals surface area contributed by atoms with Crippen LogP contribution in [0.5, 0.6) is 0 Å². The van der Waals surface area contributed by atoms with E-state index in [4.69, 9.17) is 20.6 Å². The van der Waals surface area contributed by atoms with Gasteiger partial charge in [-0.25, -0.2) is 4.79 Å². The van der Waals surface area contributed by atoms with Gasteiger partial charge in [-0.05, 0) is 73.8 Å². The highest BCUT2D eigenvalue weighted by Gasteiger charge is 2.50. The third kappa shape index (κ3) is 14.9. The Bertz CT molecular complexity index is 2090. The normalized spacial score (nSPS) is 17.8. The van der Waals surface area contributed by atoms with E-state index < -0.39 is 66.1 Å². The summed E-state index contributed by atoms with van der Waals surface area (Å²) in [5.41, 5.74) is 1.26. The maximum atomic E-state index is 15.2. The van der Waals surface area contributed by atoms with Gasteiger partial charge in [0.15, 0.2) is 12.5 Å². The predicted molar refractivity (Wildman–Crippen MR) is 242 cm³/mol. The number of carbonyl (C=O) groups is 6. The molecule has 0 bridgehead atoms. The molecule has 0 spiro atoms. The van der Waals surface area contributed by atoms with Gasteiger partial charge in [0.25, 0.3) is 0 Å². The summed E-state index contributed by atoms with van der Waals surface area (Å²) in [6.45, 7) is 11.0. The van der Waals surface area contributed by atoms with Crippen molar-refractivity contribution in [2.45, 2.75) is 96.5 Å². The summed E-state index contributed by atoms with van der Waals surface area (Å²) in [6, 6.07) is 20.4. The number of esters is 1. The van der Waals surface area contributed by atoms with E-state index in [1.54, 1.807) is 19.1 Å². The molecule has 5 rings (SSSR count). The molecule has 2 aliphatic rings. The van der Waals surface area contributed by atoms with Crippen molar-refractivity contribution in [2.75, 3.05) is 46.2 Å². The molecule has 1 unspecified atom stereocenters. The number of nitrogens with one attached hydrogen (secondary N) is 3. The molecule has 0 radical (unpaired) electrons. The Morgan fingerprint density at radius 2 is 1.42 bits per heavy atom. The molecule has 0 aromatic heterocycles. The number of ketones is 1. The molecular weight excluding hydrogens is 815 g/mol. The largest absolute Gasteiger partial charge is 0.441 e. The Morgan fingerprint density at radius 3 is 2.03 bits per heavy atom. The molecule has 64 heavy (non-hydrogen) atoms. The van der Waals surface area contributed by atoms with Crippen LogP contribution in [0.25, 0.3) is 0 Å². The van der Waals surface area contributed by atoms with Gasteiger partial charge in [0.05, 0.1) is 38.0 Å². The number of Topliss-reactive ketones (excluding diaryl/α,β-unsaturated/α-hetero) is 1. The summed E-state index contributed by atoms with van der Waals surface area (Å²) >= 11 is 0. The Kier molecular flexibility index (Phi) is 18.2. The number of epoxide rings is 1. The summed E-state index contributed by atoms with van der Waals surface area (Å²) in [7, 11) is 0. The Hall–Kier alpha value is -5.88. The summed E-state index contributed by atoms with van der Waals surface area (Å²) < 4.78 is 16.7. The van der Waals surface area contributed by atoms with Crippen molar-refractivity contribution in [3.8, 4) is 12.3 Å². The number of morpholine rings is 1. The van der Waals surface area contributed by atoms with Crippen LogP contribution >= 0.6 is 0 Å². The first-order chi connectivity index (χ1) is 30.6. The quantitative estimate of drug-likeness (QED) is 0.0545. The summed E-state index contributed by atoms with van der Waals surface area (Å²) in [5, 5.41) is 8.79. The smallest absolute Gasteiger partial charge is 0.339 e. The van der Waals surface area contributed by atoms with Crippen molar-refractivity contribution in [2.24, 2.45) is 11.8 Å². The van der Waals surface area contributed by atoms with Gasteiger partial charge in [-0.1, -0.05) is 100 Å². The SMILES string of the molecule is C#Cc1cccc(C(=O)OCN(C(=O)[C@H](CCc2ccccc2)NC(=O)CN2CCOCC2)[C@@H](CC(C)C)C(=O)N[C@@H](Cc2ccccc2)C(=O)NC(CC(C)C)C(=O)[C@@]2(C)CO2)c1. The van der Waals surface area contributed by atoms with Crippen LogP contribution in [0.15, 0.2) is 84.9 Å². The topological polar surface area (TPSA) is 176 Å². The second-order valence-electron chi connectivity index (χ2n) is 17.6. The van der Waals surface area contributed by atoms with Crippen LogP contribution in [0.4, 0.5) is 0 Å². The maximum Gasteiger partial charge on any atom is 0.339 e. The summed E-state index contributed by atoms with van der Waals surface area (Å²) in [6.07, 6.45) is 6.68. The average molecular weight is 878 g/mol. The van der Waals surface area contributed by atoms with Crippen LogP contribution in [0.3, 0.4) is 0 Å². The van der Waals surface area contributed by atoms with E-state index in [1.807, 2.05) is 93.3 Å². The summed E-state index contributed by atoms with van der Waals surface area (Å²) in [4.78, 5) is 88.5. The zero-order valence-corrected chi connectivity index (χ0v) is 37.7. The van der Waals surface area contributed by atoms with Crippen molar-refractivity contribution in [1.29, 1.82) is 0 Å². The van der Waals surface area contributed by atoms with Crippen LogP contribution in [0.2, 0.25) is 0 Å². The number of ether oxygens (including phenoxy) is 3. The van der Waals surface area contributed by atoms with Gasteiger partial charge >= 0.3 is 5.97 Å². The zero-order chi connectivity index (χ0) is 46.2. The number of hydrogen-bond acceptors (Lipinski definition) is 10. The second kappa shape index (κ2) is 23.7. The molecule has 0 aliphatic carbocycles. The van der Waals surface area contributed by atoms with E-state index in [-0.39, 0.29) is 55.6 Å². The van der Waals surface area contributed by atoms with Crippen LogP contribution < -0.4 is 16.0 Å². The third-order valence-electron chi connectivity index (χ3n) is 11.3. The molecule has 0 saturated carbocycles. The fourth-order valence-corrected chi connectivity index (χ4v) is 7.61. The van der Waals surface area contributed by atoms with Crippen molar-refractivity contribution in [3.63, 3.8) is 0 Å². The second-order valence-corrected chi connectivity index (χ2v) is 17.6. The van der Waals surface area contributed by atoms with Crippen LogP contribution in [0.1, 0.15) is 80.9 Å². The zero-order valence-electron chi connectivity index (χ0n) is 37.7. The Morgan fingerprint density at radius 1 is 0.797 bits per heavy atom. The molecule has 5 atom stereocenters. The number of carbonyl (C=O) groups excluding carboxylic acids is 6. The molecule has 3 aromatic carbocycles. The predicted octanol–water partition coefficient (Wildman–Crippen LogP) is 4.09. The average Bonchev–Trinajstić information content (AvgIpc) is 4.05. The third-order valence-corrected chi connectivity index (χ3v) is 11.3. The molecule has 4 amide bonds. The van der Waals surface area contributed by atoms with Gasteiger partial charge in [-0.2, -0.15) is 0 Å². The molecule has 14 heteroatoms. The van der Waals surface area contributed by atoms with E-state index >= 15 is 4.79 Å². The first kappa shape index (κ1) is 49.1.